The van der Waals surface area contributed by atoms with E-state index in [-0.39, 0.29) is 0 Å². The summed E-state index contributed by atoms with van der Waals surface area (Å²) in [7, 11) is -1.54. The molecule has 0 amide bonds. The summed E-state index contributed by atoms with van der Waals surface area (Å²) in [6.07, 6.45) is 1.16. The van der Waals surface area contributed by atoms with Crippen LogP contribution in [-0.2, 0) is 16.6 Å². The molecule has 0 unspecified atom stereocenters. The van der Waals surface area contributed by atoms with Crippen LogP contribution in [0.15, 0.2) is 60.7 Å². The van der Waals surface area contributed by atoms with Gasteiger partial charge in [-0.05, 0) is 47.0 Å². The first kappa shape index (κ1) is 17.7. The number of hydrogen-bond acceptors (Lipinski definition) is 4. The Morgan fingerprint density at radius 2 is 1.60 bits per heavy atom. The van der Waals surface area contributed by atoms with Crippen LogP contribution in [0.2, 0.25) is 0 Å². The third kappa shape index (κ3) is 4.69. The predicted molar refractivity (Wildman–Crippen MR) is 103 cm³/mol. The van der Waals surface area contributed by atoms with Crippen molar-refractivity contribution in [2.24, 2.45) is 0 Å². The zero-order chi connectivity index (χ0) is 17.9. The van der Waals surface area contributed by atoms with Crippen LogP contribution in [0.25, 0.3) is 20.9 Å². The van der Waals surface area contributed by atoms with Gasteiger partial charge in [0.1, 0.15) is 5.75 Å². The molecular weight excluding hydrogens is 354 g/mol. The Hall–Kier alpha value is -2.15. The van der Waals surface area contributed by atoms with Gasteiger partial charge < -0.3 is 4.74 Å². The second-order valence-corrected chi connectivity index (χ2v) is 8.61. The fraction of sp³-hybridized carbons (Fsp3) is 0.158. The highest BCUT2D eigenvalue weighted by atomic mass is 32.2. The van der Waals surface area contributed by atoms with Gasteiger partial charge in [-0.2, -0.15) is 0 Å². The molecule has 0 saturated carbocycles. The normalized spacial score (nSPS) is 11.4. The van der Waals surface area contributed by atoms with Crippen molar-refractivity contribution in [1.29, 1.82) is 0 Å². The van der Waals surface area contributed by atoms with Crippen molar-refractivity contribution in [1.82, 2.24) is 4.72 Å². The quantitative estimate of drug-likeness (QED) is 0.706. The number of thiophene rings is 1. The number of benzene rings is 2. The highest BCUT2D eigenvalue weighted by Crippen LogP contribution is 2.35. The van der Waals surface area contributed by atoms with Gasteiger partial charge in [0.15, 0.2) is 0 Å². The van der Waals surface area contributed by atoms with E-state index in [1.165, 1.54) is 0 Å². The molecule has 0 aliphatic carbocycles. The Bertz CT molecular complexity index is 978. The largest absolute Gasteiger partial charge is 0.497 e. The summed E-state index contributed by atoms with van der Waals surface area (Å²) in [4.78, 5) is 2.30. The maximum absolute atomic E-state index is 11.3. The van der Waals surface area contributed by atoms with Crippen LogP contribution in [0.3, 0.4) is 0 Å². The van der Waals surface area contributed by atoms with E-state index in [4.69, 9.17) is 4.74 Å². The highest BCUT2D eigenvalue weighted by molar-refractivity contribution is 7.88. The maximum Gasteiger partial charge on any atom is 0.209 e. The lowest BCUT2D eigenvalue weighted by molar-refractivity contribution is 0.415. The molecule has 1 heterocycles. The van der Waals surface area contributed by atoms with Crippen LogP contribution in [0.1, 0.15) is 5.56 Å². The number of methoxy groups -OCH3 is 1. The number of sulfonamides is 1. The van der Waals surface area contributed by atoms with Gasteiger partial charge in [-0.1, -0.05) is 30.3 Å². The number of nitrogens with one attached hydrogen (secondary N) is 1. The van der Waals surface area contributed by atoms with Crippen molar-refractivity contribution in [3.05, 3.63) is 66.2 Å². The fourth-order valence-electron chi connectivity index (χ4n) is 2.47. The Balaban J connectivity index is 1.84. The summed E-state index contributed by atoms with van der Waals surface area (Å²) in [5.41, 5.74) is 3.12. The molecule has 2 aromatic carbocycles. The van der Waals surface area contributed by atoms with E-state index in [0.29, 0.717) is 6.54 Å². The molecule has 0 saturated heterocycles. The minimum absolute atomic E-state index is 0.292. The van der Waals surface area contributed by atoms with Crippen molar-refractivity contribution >= 4 is 21.4 Å². The standard InChI is InChI=1S/C19H19NO3S2/c1-23-17-8-4-7-16(12-17)19-10-9-18(24-19)15-6-3-5-14(11-15)13-20-25(2,21)22/h3-12,20H,13H2,1-2H3. The van der Waals surface area contributed by atoms with Crippen LogP contribution in [0.5, 0.6) is 5.75 Å². The smallest absolute Gasteiger partial charge is 0.209 e. The second-order valence-electron chi connectivity index (χ2n) is 5.69. The van der Waals surface area contributed by atoms with Crippen molar-refractivity contribution in [2.45, 2.75) is 6.54 Å². The Labute approximate surface area is 152 Å². The molecule has 1 aromatic heterocycles. The van der Waals surface area contributed by atoms with Crippen molar-refractivity contribution < 1.29 is 13.2 Å². The molecule has 3 rings (SSSR count). The van der Waals surface area contributed by atoms with E-state index in [9.17, 15) is 8.42 Å². The molecule has 0 spiro atoms. The number of hydrogen-bond donors (Lipinski definition) is 1. The average Bonchev–Trinajstić information content (AvgIpc) is 3.10. The van der Waals surface area contributed by atoms with Crippen LogP contribution in [-0.4, -0.2) is 21.8 Å². The van der Waals surface area contributed by atoms with Gasteiger partial charge in [-0.25, -0.2) is 13.1 Å². The van der Waals surface area contributed by atoms with Crippen LogP contribution in [0.4, 0.5) is 0 Å². The van der Waals surface area contributed by atoms with Crippen LogP contribution >= 0.6 is 11.3 Å². The van der Waals surface area contributed by atoms with Crippen LogP contribution < -0.4 is 9.46 Å². The zero-order valence-electron chi connectivity index (χ0n) is 14.0. The summed E-state index contributed by atoms with van der Waals surface area (Å²) in [6.45, 7) is 0.292. The molecule has 0 radical (unpaired) electrons. The number of rotatable bonds is 6. The molecule has 0 aliphatic heterocycles. The van der Waals surface area contributed by atoms with Gasteiger partial charge in [-0.3, -0.25) is 0 Å². The lowest BCUT2D eigenvalue weighted by atomic mass is 10.1. The Morgan fingerprint density at radius 1 is 0.960 bits per heavy atom. The first-order valence-corrected chi connectivity index (χ1v) is 10.4. The van der Waals surface area contributed by atoms with Gasteiger partial charge in [0.05, 0.1) is 13.4 Å². The van der Waals surface area contributed by atoms with Crippen molar-refractivity contribution in [2.75, 3.05) is 13.4 Å². The molecule has 0 fully saturated rings. The molecule has 0 bridgehead atoms. The SMILES string of the molecule is COc1cccc(-c2ccc(-c3cccc(CNS(C)(=O)=O)c3)s2)c1. The highest BCUT2D eigenvalue weighted by Gasteiger charge is 2.07. The van der Waals surface area contributed by atoms with E-state index in [1.807, 2.05) is 42.5 Å². The molecule has 6 heteroatoms. The molecule has 1 N–H and O–H groups in total. The average molecular weight is 373 g/mol. The van der Waals surface area contributed by atoms with Gasteiger partial charge in [-0.15, -0.1) is 11.3 Å². The van der Waals surface area contributed by atoms with E-state index in [2.05, 4.69) is 22.9 Å². The topological polar surface area (TPSA) is 55.4 Å². The predicted octanol–water partition coefficient (Wildman–Crippen LogP) is 4.14. The lowest BCUT2D eigenvalue weighted by Gasteiger charge is -2.05. The van der Waals surface area contributed by atoms with Crippen molar-refractivity contribution in [3.8, 4) is 26.6 Å². The third-order valence-electron chi connectivity index (χ3n) is 3.71. The summed E-state index contributed by atoms with van der Waals surface area (Å²) in [6, 6.07) is 20.1. The Kier molecular flexibility index (Phi) is 5.22. The molecule has 4 nitrogen and oxygen atoms in total. The monoisotopic (exact) mass is 373 g/mol. The Morgan fingerprint density at radius 3 is 2.24 bits per heavy atom. The summed E-state index contributed by atoms with van der Waals surface area (Å²) in [5, 5.41) is 0. The summed E-state index contributed by atoms with van der Waals surface area (Å²) >= 11 is 1.70. The van der Waals surface area contributed by atoms with E-state index in [0.717, 1.165) is 38.4 Å². The minimum atomic E-state index is -3.20. The molecule has 25 heavy (non-hydrogen) atoms. The minimum Gasteiger partial charge on any atom is -0.497 e. The maximum atomic E-state index is 11.3. The first-order chi connectivity index (χ1) is 11.9. The zero-order valence-corrected chi connectivity index (χ0v) is 15.7. The third-order valence-corrected chi connectivity index (χ3v) is 5.56. The fourth-order valence-corrected chi connectivity index (χ4v) is 3.90. The first-order valence-electron chi connectivity index (χ1n) is 7.73. The molecule has 3 aromatic rings. The van der Waals surface area contributed by atoms with Gasteiger partial charge >= 0.3 is 0 Å². The van der Waals surface area contributed by atoms with Gasteiger partial charge in [0.2, 0.25) is 10.0 Å². The number of ether oxygens (including phenoxy) is 1. The van der Waals surface area contributed by atoms with Crippen LogP contribution in [0, 0.1) is 0 Å². The summed E-state index contributed by atoms with van der Waals surface area (Å²) < 4.78 is 30.3. The lowest BCUT2D eigenvalue weighted by Crippen LogP contribution is -2.21. The van der Waals surface area contributed by atoms with Gasteiger partial charge in [0.25, 0.3) is 0 Å². The summed E-state index contributed by atoms with van der Waals surface area (Å²) in [5.74, 6) is 0.835. The molecular formula is C19H19NO3S2. The van der Waals surface area contributed by atoms with E-state index >= 15 is 0 Å². The molecule has 130 valence electrons. The van der Waals surface area contributed by atoms with E-state index in [1.54, 1.807) is 18.4 Å². The van der Waals surface area contributed by atoms with E-state index < -0.39 is 10.0 Å². The molecule has 0 aliphatic rings. The molecule has 0 atom stereocenters. The second kappa shape index (κ2) is 7.39. The van der Waals surface area contributed by atoms with Gasteiger partial charge in [0, 0.05) is 16.3 Å². The van der Waals surface area contributed by atoms with Crippen molar-refractivity contribution in [3.63, 3.8) is 0 Å².